The molecule has 0 aliphatic carbocycles. The zero-order chi connectivity index (χ0) is 31.7. The van der Waals surface area contributed by atoms with E-state index >= 15 is 0 Å². The van der Waals surface area contributed by atoms with Gasteiger partial charge in [0, 0.05) is 33.8 Å². The summed E-state index contributed by atoms with van der Waals surface area (Å²) in [7, 11) is 0. The van der Waals surface area contributed by atoms with E-state index in [9.17, 15) is 29.1 Å². The first-order valence-corrected chi connectivity index (χ1v) is 13.8. The Morgan fingerprint density at radius 2 is 1.51 bits per heavy atom. The van der Waals surface area contributed by atoms with E-state index in [2.05, 4.69) is 6.92 Å². The van der Waals surface area contributed by atoms with Crippen molar-refractivity contribution in [1.82, 2.24) is 0 Å². The molecule has 0 amide bonds. The Morgan fingerprint density at radius 3 is 2.14 bits per heavy atom. The van der Waals surface area contributed by atoms with Gasteiger partial charge in [0.1, 0.15) is 24.0 Å². The Kier molecular flexibility index (Phi) is 11.8. The summed E-state index contributed by atoms with van der Waals surface area (Å²) in [6.45, 7) is 6.34. The van der Waals surface area contributed by atoms with Crippen LogP contribution in [-0.2, 0) is 42.9 Å². The number of unbranched alkanes of at least 4 members (excludes halogenated alkanes) is 3. The molecule has 1 aliphatic heterocycles. The monoisotopic (exact) mass is 608 g/mol. The lowest BCUT2D eigenvalue weighted by atomic mass is 9.98. The Labute approximate surface area is 247 Å². The smallest absolute Gasteiger partial charge is 0.383 e. The van der Waals surface area contributed by atoms with Crippen LogP contribution in [0, 0.1) is 0 Å². The SMILES string of the molecule is CCCCCCOc1c(O)c2ccc(O[C@H]3O[C@H](COC(C)=O)[C@@H](OC(C)=O)[C@H](OC(C)=O)[C@@H]3OC(C)=O)cc2oc1=O. The molecular formula is C29H36O14. The van der Waals surface area contributed by atoms with Crippen molar-refractivity contribution in [2.45, 2.75) is 91.0 Å². The van der Waals surface area contributed by atoms with Crippen molar-refractivity contribution in [3.8, 4) is 17.2 Å². The lowest BCUT2D eigenvalue weighted by molar-refractivity contribution is -0.288. The number of esters is 4. The quantitative estimate of drug-likeness (QED) is 0.151. The number of fused-ring (bicyclic) bond motifs is 1. The minimum absolute atomic E-state index is 0.0317. The number of hydrogen-bond donors (Lipinski definition) is 1. The Hall–Kier alpha value is -4.33. The van der Waals surface area contributed by atoms with Crippen molar-refractivity contribution >= 4 is 34.8 Å². The van der Waals surface area contributed by atoms with Crippen LogP contribution in [0.3, 0.4) is 0 Å². The van der Waals surface area contributed by atoms with Gasteiger partial charge in [-0.05, 0) is 18.6 Å². The van der Waals surface area contributed by atoms with Gasteiger partial charge in [0.05, 0.1) is 12.0 Å². The third-order valence-electron chi connectivity index (χ3n) is 6.26. The van der Waals surface area contributed by atoms with Gasteiger partial charge in [-0.3, -0.25) is 19.2 Å². The van der Waals surface area contributed by atoms with E-state index in [4.69, 9.17) is 37.6 Å². The summed E-state index contributed by atoms with van der Waals surface area (Å²) in [4.78, 5) is 60.1. The number of carbonyl (C=O) groups excluding carboxylic acids is 4. The first kappa shape index (κ1) is 33.2. The number of benzene rings is 1. The van der Waals surface area contributed by atoms with E-state index in [-0.39, 0.29) is 29.1 Å². The van der Waals surface area contributed by atoms with Gasteiger partial charge in [-0.1, -0.05) is 26.2 Å². The number of ether oxygens (including phenoxy) is 7. The standard InChI is InChI=1S/C29H36O14/c1-6-7-8-9-12-36-25-23(34)20-11-10-19(13-21(20)42-28(25)35)41-29-27(40-18(5)33)26(39-17(4)32)24(38-16(3)31)22(43-29)14-37-15(2)30/h10-11,13,22,24,26-27,29,34H,6-9,12,14H2,1-5H3/t22-,24-,26+,27+,29+/m1/s1. The maximum absolute atomic E-state index is 12.6. The van der Waals surface area contributed by atoms with Crippen molar-refractivity contribution in [1.29, 1.82) is 0 Å². The van der Waals surface area contributed by atoms with Gasteiger partial charge in [0.2, 0.25) is 18.1 Å². The van der Waals surface area contributed by atoms with Gasteiger partial charge in [-0.2, -0.15) is 0 Å². The van der Waals surface area contributed by atoms with Crippen molar-refractivity contribution in [3.63, 3.8) is 0 Å². The third-order valence-corrected chi connectivity index (χ3v) is 6.26. The average Bonchev–Trinajstić information content (AvgIpc) is 2.91. The second kappa shape index (κ2) is 15.2. The molecule has 0 spiro atoms. The average molecular weight is 609 g/mol. The molecule has 236 valence electrons. The van der Waals surface area contributed by atoms with Crippen LogP contribution in [0.2, 0.25) is 0 Å². The van der Waals surface area contributed by atoms with E-state index in [0.29, 0.717) is 6.42 Å². The molecule has 1 fully saturated rings. The van der Waals surface area contributed by atoms with Crippen molar-refractivity contribution in [3.05, 3.63) is 28.6 Å². The van der Waals surface area contributed by atoms with Crippen LogP contribution in [0.25, 0.3) is 11.0 Å². The van der Waals surface area contributed by atoms with Crippen molar-refractivity contribution < 1.29 is 61.9 Å². The molecule has 14 nitrogen and oxygen atoms in total. The summed E-state index contributed by atoms with van der Waals surface area (Å²) >= 11 is 0. The molecule has 1 saturated heterocycles. The summed E-state index contributed by atoms with van der Waals surface area (Å²) in [6.07, 6.45) is -3.28. The number of aromatic hydroxyl groups is 1. The van der Waals surface area contributed by atoms with E-state index in [1.165, 1.54) is 18.2 Å². The zero-order valence-corrected chi connectivity index (χ0v) is 24.6. The highest BCUT2D eigenvalue weighted by atomic mass is 16.7. The fourth-order valence-electron chi connectivity index (χ4n) is 4.47. The van der Waals surface area contributed by atoms with E-state index in [1.807, 2.05) is 0 Å². The highest BCUT2D eigenvalue weighted by Crippen LogP contribution is 2.35. The largest absolute Gasteiger partial charge is 0.504 e. The second-order valence-electron chi connectivity index (χ2n) is 9.82. The fourth-order valence-corrected chi connectivity index (χ4v) is 4.47. The molecule has 43 heavy (non-hydrogen) atoms. The second-order valence-corrected chi connectivity index (χ2v) is 9.82. The van der Waals surface area contributed by atoms with Crippen molar-refractivity contribution in [2.24, 2.45) is 0 Å². The molecule has 1 aromatic carbocycles. The molecule has 0 saturated carbocycles. The molecule has 5 atom stereocenters. The van der Waals surface area contributed by atoms with Gasteiger partial charge in [-0.15, -0.1) is 0 Å². The third kappa shape index (κ3) is 9.08. The predicted molar refractivity (Wildman–Crippen MR) is 146 cm³/mol. The summed E-state index contributed by atoms with van der Waals surface area (Å²) in [5, 5.41) is 10.9. The van der Waals surface area contributed by atoms with E-state index in [0.717, 1.165) is 47.0 Å². The first-order chi connectivity index (χ1) is 20.4. The Bertz CT molecular complexity index is 1360. The summed E-state index contributed by atoms with van der Waals surface area (Å²) in [5.41, 5.74) is -0.950. The van der Waals surface area contributed by atoms with Gasteiger partial charge in [0.15, 0.2) is 18.0 Å². The van der Waals surface area contributed by atoms with Gasteiger partial charge < -0.3 is 42.7 Å². The lowest BCUT2D eigenvalue weighted by Crippen LogP contribution is -2.63. The number of rotatable bonds is 13. The first-order valence-electron chi connectivity index (χ1n) is 13.8. The van der Waals surface area contributed by atoms with Crippen molar-refractivity contribution in [2.75, 3.05) is 13.2 Å². The molecule has 3 rings (SSSR count). The predicted octanol–water partition coefficient (Wildman–Crippen LogP) is 2.92. The summed E-state index contributed by atoms with van der Waals surface area (Å²) < 4.78 is 43.9. The molecule has 0 bridgehead atoms. The van der Waals surface area contributed by atoms with E-state index < -0.39 is 72.6 Å². The number of hydrogen-bond acceptors (Lipinski definition) is 14. The van der Waals surface area contributed by atoms with E-state index in [1.54, 1.807) is 0 Å². The highest BCUT2D eigenvalue weighted by Gasteiger charge is 2.53. The summed E-state index contributed by atoms with van der Waals surface area (Å²) in [6, 6.07) is 4.12. The lowest BCUT2D eigenvalue weighted by Gasteiger charge is -2.43. The van der Waals surface area contributed by atoms with Gasteiger partial charge in [-0.25, -0.2) is 4.79 Å². The van der Waals surface area contributed by atoms with Crippen LogP contribution in [0.4, 0.5) is 0 Å². The maximum Gasteiger partial charge on any atom is 0.383 e. The molecule has 2 aromatic rings. The molecule has 1 N–H and O–H groups in total. The minimum Gasteiger partial charge on any atom is -0.504 e. The van der Waals surface area contributed by atoms with Crippen LogP contribution in [0.5, 0.6) is 17.2 Å². The zero-order valence-electron chi connectivity index (χ0n) is 24.6. The normalized spacial score (nSPS) is 21.5. The van der Waals surface area contributed by atoms with Crippen LogP contribution in [0.15, 0.2) is 27.4 Å². The summed E-state index contributed by atoms with van der Waals surface area (Å²) in [5.74, 6) is -3.70. The molecular weight excluding hydrogens is 572 g/mol. The molecule has 1 aromatic heterocycles. The fraction of sp³-hybridized carbons (Fsp3) is 0.552. The minimum atomic E-state index is -1.50. The Balaban J connectivity index is 1.95. The molecule has 0 radical (unpaired) electrons. The van der Waals surface area contributed by atoms with Crippen LogP contribution in [-0.4, -0.2) is 72.9 Å². The molecule has 14 heteroatoms. The topological polar surface area (TPSA) is 183 Å². The Morgan fingerprint density at radius 1 is 0.860 bits per heavy atom. The molecule has 2 heterocycles. The number of carbonyl (C=O) groups is 4. The van der Waals surface area contributed by atoms with Crippen LogP contribution in [0.1, 0.15) is 60.3 Å². The molecule has 0 unspecified atom stereocenters. The van der Waals surface area contributed by atoms with Crippen LogP contribution >= 0.6 is 0 Å². The maximum atomic E-state index is 12.6. The highest BCUT2D eigenvalue weighted by molar-refractivity contribution is 5.86. The van der Waals surface area contributed by atoms with Gasteiger partial charge in [0.25, 0.3) is 0 Å². The van der Waals surface area contributed by atoms with Gasteiger partial charge >= 0.3 is 29.5 Å². The molecule has 1 aliphatic rings. The van der Waals surface area contributed by atoms with Crippen LogP contribution < -0.4 is 15.1 Å².